The fourth-order valence-electron chi connectivity index (χ4n) is 1.84. The van der Waals surface area contributed by atoms with Gasteiger partial charge in [0, 0.05) is 24.1 Å². The number of halogens is 2. The molecule has 2 rings (SSSR count). The van der Waals surface area contributed by atoms with Gasteiger partial charge in [0.05, 0.1) is 11.1 Å². The highest BCUT2D eigenvalue weighted by Gasteiger charge is 2.22. The van der Waals surface area contributed by atoms with Gasteiger partial charge in [0.25, 0.3) is 0 Å². The van der Waals surface area contributed by atoms with Gasteiger partial charge < -0.3 is 10.1 Å². The third-order valence-electron chi connectivity index (χ3n) is 2.54. The predicted molar refractivity (Wildman–Crippen MR) is 60.6 cm³/mol. The molecule has 1 aromatic carbocycles. The minimum Gasteiger partial charge on any atom is -0.493 e. The second kappa shape index (κ2) is 4.49. The van der Waals surface area contributed by atoms with Gasteiger partial charge in [0.1, 0.15) is 11.6 Å². The quantitative estimate of drug-likeness (QED) is 0.895. The molecule has 0 radical (unpaired) electrons. The molecule has 15 heavy (non-hydrogen) atoms. The molecule has 0 saturated carbocycles. The number of benzene rings is 1. The van der Waals surface area contributed by atoms with Crippen molar-refractivity contribution >= 4 is 15.9 Å². The zero-order chi connectivity index (χ0) is 10.8. The van der Waals surface area contributed by atoms with Crippen LogP contribution in [0.5, 0.6) is 5.75 Å². The average molecular weight is 274 g/mol. The van der Waals surface area contributed by atoms with Gasteiger partial charge >= 0.3 is 0 Å². The number of hydrogen-bond acceptors (Lipinski definition) is 2. The van der Waals surface area contributed by atoms with Crippen LogP contribution in [-0.2, 0) is 0 Å². The lowest BCUT2D eigenvalue weighted by atomic mass is 10.0. The summed E-state index contributed by atoms with van der Waals surface area (Å²) >= 11 is 3.19. The van der Waals surface area contributed by atoms with Crippen molar-refractivity contribution < 1.29 is 9.13 Å². The van der Waals surface area contributed by atoms with E-state index in [1.807, 2.05) is 0 Å². The van der Waals surface area contributed by atoms with Gasteiger partial charge in [0.2, 0.25) is 0 Å². The first kappa shape index (κ1) is 10.9. The third-order valence-corrected chi connectivity index (χ3v) is 3.15. The molecular weight excluding hydrogens is 261 g/mol. The molecule has 0 amide bonds. The molecule has 0 spiro atoms. The van der Waals surface area contributed by atoms with E-state index in [1.54, 1.807) is 6.07 Å². The summed E-state index contributed by atoms with van der Waals surface area (Å²) in [7, 11) is 0. The van der Waals surface area contributed by atoms with Gasteiger partial charge in [0.15, 0.2) is 0 Å². The summed E-state index contributed by atoms with van der Waals surface area (Å²) in [6.07, 6.45) is 0.929. The largest absolute Gasteiger partial charge is 0.493 e. The maximum absolute atomic E-state index is 13.3. The van der Waals surface area contributed by atoms with Crippen LogP contribution < -0.4 is 10.1 Å². The van der Waals surface area contributed by atoms with Gasteiger partial charge in [-0.15, -0.1) is 0 Å². The first-order chi connectivity index (χ1) is 7.22. The Balaban J connectivity index is 2.38. The lowest BCUT2D eigenvalue weighted by Crippen LogP contribution is -2.26. The molecule has 1 aliphatic rings. The van der Waals surface area contributed by atoms with Crippen molar-refractivity contribution in [3.05, 3.63) is 28.0 Å². The van der Waals surface area contributed by atoms with E-state index in [9.17, 15) is 4.39 Å². The molecule has 4 heteroatoms. The highest BCUT2D eigenvalue weighted by Crippen LogP contribution is 2.35. The second-order valence-electron chi connectivity index (χ2n) is 3.55. The van der Waals surface area contributed by atoms with Crippen molar-refractivity contribution in [2.75, 3.05) is 13.2 Å². The predicted octanol–water partition coefficient (Wildman–Crippen LogP) is 3.02. The van der Waals surface area contributed by atoms with E-state index in [-0.39, 0.29) is 11.9 Å². The topological polar surface area (TPSA) is 21.3 Å². The fourth-order valence-corrected chi connectivity index (χ4v) is 2.20. The lowest BCUT2D eigenvalue weighted by Gasteiger charge is -2.26. The van der Waals surface area contributed by atoms with E-state index < -0.39 is 0 Å². The van der Waals surface area contributed by atoms with E-state index in [2.05, 4.69) is 28.2 Å². The molecule has 0 bridgehead atoms. The van der Waals surface area contributed by atoms with Crippen LogP contribution in [0.1, 0.15) is 24.9 Å². The van der Waals surface area contributed by atoms with Crippen molar-refractivity contribution in [2.45, 2.75) is 19.4 Å². The molecule has 0 fully saturated rings. The fraction of sp³-hybridized carbons (Fsp3) is 0.455. The summed E-state index contributed by atoms with van der Waals surface area (Å²) in [5.74, 6) is 0.388. The zero-order valence-electron chi connectivity index (χ0n) is 8.52. The Kier molecular flexibility index (Phi) is 3.26. The Hall–Kier alpha value is -0.610. The molecule has 1 aromatic rings. The lowest BCUT2D eigenvalue weighted by molar-refractivity contribution is 0.252. The summed E-state index contributed by atoms with van der Waals surface area (Å²) in [5, 5.41) is 3.36. The number of nitrogens with one attached hydrogen (secondary N) is 1. The van der Waals surface area contributed by atoms with Crippen LogP contribution in [-0.4, -0.2) is 13.2 Å². The highest BCUT2D eigenvalue weighted by molar-refractivity contribution is 9.10. The van der Waals surface area contributed by atoms with Crippen molar-refractivity contribution in [1.82, 2.24) is 5.32 Å². The Bertz CT molecular complexity index is 370. The van der Waals surface area contributed by atoms with Gasteiger partial charge in [-0.2, -0.15) is 0 Å². The SMILES string of the molecule is CCNC1CCOc2cc(F)c(Br)cc21. The normalized spacial score (nSPS) is 19.5. The molecule has 1 atom stereocenters. The molecule has 1 aliphatic heterocycles. The molecule has 0 aromatic heterocycles. The maximum Gasteiger partial charge on any atom is 0.141 e. The summed E-state index contributed by atoms with van der Waals surface area (Å²) in [6, 6.07) is 3.52. The van der Waals surface area contributed by atoms with E-state index in [0.717, 1.165) is 18.5 Å². The smallest absolute Gasteiger partial charge is 0.141 e. The van der Waals surface area contributed by atoms with Gasteiger partial charge in [-0.05, 0) is 28.5 Å². The van der Waals surface area contributed by atoms with Crippen molar-refractivity contribution in [2.24, 2.45) is 0 Å². The summed E-state index contributed by atoms with van der Waals surface area (Å²) in [6.45, 7) is 3.61. The first-order valence-corrected chi connectivity index (χ1v) is 5.86. The number of rotatable bonds is 2. The summed E-state index contributed by atoms with van der Waals surface area (Å²) in [5.41, 5.74) is 1.04. The minimum atomic E-state index is -0.272. The van der Waals surface area contributed by atoms with E-state index in [0.29, 0.717) is 16.8 Å². The molecular formula is C11H13BrFNO. The first-order valence-electron chi connectivity index (χ1n) is 5.07. The van der Waals surface area contributed by atoms with Gasteiger partial charge in [-0.1, -0.05) is 6.92 Å². The van der Waals surface area contributed by atoms with Crippen LogP contribution in [0.25, 0.3) is 0 Å². The van der Waals surface area contributed by atoms with Crippen molar-refractivity contribution in [3.63, 3.8) is 0 Å². The minimum absolute atomic E-state index is 0.272. The van der Waals surface area contributed by atoms with Crippen molar-refractivity contribution in [1.29, 1.82) is 0 Å². The molecule has 0 aliphatic carbocycles. The Morgan fingerprint density at radius 1 is 1.60 bits per heavy atom. The Labute approximate surface area is 96.9 Å². The highest BCUT2D eigenvalue weighted by atomic mass is 79.9. The van der Waals surface area contributed by atoms with Crippen LogP contribution >= 0.6 is 15.9 Å². The number of hydrogen-bond donors (Lipinski definition) is 1. The zero-order valence-corrected chi connectivity index (χ0v) is 10.1. The van der Waals surface area contributed by atoms with Gasteiger partial charge in [-0.25, -0.2) is 4.39 Å². The maximum atomic E-state index is 13.3. The van der Waals surface area contributed by atoms with Crippen LogP contribution in [0.4, 0.5) is 4.39 Å². The van der Waals surface area contributed by atoms with E-state index in [1.165, 1.54) is 6.07 Å². The van der Waals surface area contributed by atoms with Crippen LogP contribution in [0.15, 0.2) is 16.6 Å². The molecule has 82 valence electrons. The summed E-state index contributed by atoms with van der Waals surface area (Å²) < 4.78 is 19.2. The monoisotopic (exact) mass is 273 g/mol. The molecule has 0 saturated heterocycles. The Morgan fingerprint density at radius 2 is 2.40 bits per heavy atom. The molecule has 1 N–H and O–H groups in total. The van der Waals surface area contributed by atoms with Crippen LogP contribution in [0.3, 0.4) is 0 Å². The van der Waals surface area contributed by atoms with E-state index in [4.69, 9.17) is 4.74 Å². The molecule has 2 nitrogen and oxygen atoms in total. The van der Waals surface area contributed by atoms with Gasteiger partial charge in [-0.3, -0.25) is 0 Å². The van der Waals surface area contributed by atoms with Crippen molar-refractivity contribution in [3.8, 4) is 5.75 Å². The summed E-state index contributed by atoms with van der Waals surface area (Å²) in [4.78, 5) is 0. The third kappa shape index (κ3) is 2.16. The molecule has 1 unspecified atom stereocenters. The standard InChI is InChI=1S/C11H13BrFNO/c1-2-14-10-3-4-15-11-6-9(13)8(12)5-7(10)11/h5-6,10,14H,2-4H2,1H3. The average Bonchev–Trinajstić information content (AvgIpc) is 2.21. The van der Waals surface area contributed by atoms with E-state index >= 15 is 0 Å². The van der Waals surface area contributed by atoms with Crippen LogP contribution in [0.2, 0.25) is 0 Å². The second-order valence-corrected chi connectivity index (χ2v) is 4.41. The Morgan fingerprint density at radius 3 is 3.13 bits per heavy atom. The van der Waals surface area contributed by atoms with Crippen LogP contribution in [0, 0.1) is 5.82 Å². The number of fused-ring (bicyclic) bond motifs is 1. The molecule has 1 heterocycles. The number of ether oxygens (including phenoxy) is 1.